The summed E-state index contributed by atoms with van der Waals surface area (Å²) in [5.41, 5.74) is 7.88. The normalized spacial score (nSPS) is 9.60. The molecule has 0 aliphatic rings. The van der Waals surface area contributed by atoms with Crippen LogP contribution < -0.4 is 5.73 Å². The molecule has 3 aromatic carbocycles. The van der Waals surface area contributed by atoms with Crippen LogP contribution in [0.3, 0.4) is 0 Å². The van der Waals surface area contributed by atoms with Crippen molar-refractivity contribution >= 4 is 17.9 Å². The Balaban J connectivity index is 0.000000453. The summed E-state index contributed by atoms with van der Waals surface area (Å²) in [6.07, 6.45) is 0.336. The molecule has 0 spiro atoms. The van der Waals surface area contributed by atoms with Gasteiger partial charge in [0.25, 0.3) is 0 Å². The highest BCUT2D eigenvalue weighted by Gasteiger charge is 1.98. The van der Waals surface area contributed by atoms with Gasteiger partial charge in [0.15, 0.2) is 0 Å². The van der Waals surface area contributed by atoms with Gasteiger partial charge in [-0.2, -0.15) is 0 Å². The Morgan fingerprint density at radius 2 is 0.714 bits per heavy atom. The molecular weight excluding hydrogens is 446 g/mol. The molecule has 0 saturated carbocycles. The van der Waals surface area contributed by atoms with E-state index in [1.165, 1.54) is 0 Å². The van der Waals surface area contributed by atoms with Crippen LogP contribution in [0.5, 0.6) is 0 Å². The van der Waals surface area contributed by atoms with E-state index in [4.69, 9.17) is 21.1 Å². The standard InChI is InChI=1S/3C8H8O2.C4H11N/c3*9-8(10)6-7-4-2-1-3-5-7;1-4(2,3)5/h3*1-5H,6H2,(H,9,10);5H2,1-3H3. The van der Waals surface area contributed by atoms with Crippen molar-refractivity contribution in [1.82, 2.24) is 0 Å². The van der Waals surface area contributed by atoms with Crippen LogP contribution in [0.2, 0.25) is 0 Å². The molecular formula is C28H35NO6. The molecule has 3 aromatic rings. The maximum Gasteiger partial charge on any atom is 0.307 e. The number of hydrogen-bond donors (Lipinski definition) is 4. The monoisotopic (exact) mass is 481 g/mol. The first-order valence-corrected chi connectivity index (χ1v) is 10.9. The summed E-state index contributed by atoms with van der Waals surface area (Å²) in [7, 11) is 0. The van der Waals surface area contributed by atoms with Crippen molar-refractivity contribution in [1.29, 1.82) is 0 Å². The van der Waals surface area contributed by atoms with Gasteiger partial charge >= 0.3 is 17.9 Å². The lowest BCUT2D eigenvalue weighted by Gasteiger charge is -2.06. The Hall–Kier alpha value is -3.97. The minimum Gasteiger partial charge on any atom is -0.481 e. The summed E-state index contributed by atoms with van der Waals surface area (Å²) in [5.74, 6) is -2.36. The van der Waals surface area contributed by atoms with Gasteiger partial charge in [-0.05, 0) is 37.5 Å². The van der Waals surface area contributed by atoms with E-state index >= 15 is 0 Å². The van der Waals surface area contributed by atoms with Crippen LogP contribution in [0.15, 0.2) is 91.0 Å². The van der Waals surface area contributed by atoms with Crippen LogP contribution in [0, 0.1) is 0 Å². The number of aliphatic carboxylic acids is 3. The molecule has 188 valence electrons. The smallest absolute Gasteiger partial charge is 0.307 e. The third kappa shape index (κ3) is 23.0. The van der Waals surface area contributed by atoms with Crippen molar-refractivity contribution in [2.75, 3.05) is 0 Å². The highest BCUT2D eigenvalue weighted by molar-refractivity contribution is 5.70. The van der Waals surface area contributed by atoms with Crippen LogP contribution in [-0.2, 0) is 33.6 Å². The second-order valence-electron chi connectivity index (χ2n) is 8.53. The van der Waals surface area contributed by atoms with E-state index in [0.717, 1.165) is 16.7 Å². The van der Waals surface area contributed by atoms with E-state index in [9.17, 15) is 14.4 Å². The summed E-state index contributed by atoms with van der Waals surface area (Å²) in [4.78, 5) is 30.5. The van der Waals surface area contributed by atoms with Crippen LogP contribution in [-0.4, -0.2) is 38.8 Å². The quantitative estimate of drug-likeness (QED) is 0.401. The average Bonchev–Trinajstić information content (AvgIpc) is 2.74. The van der Waals surface area contributed by atoms with Gasteiger partial charge in [-0.1, -0.05) is 91.0 Å². The molecule has 0 unspecified atom stereocenters. The molecule has 0 heterocycles. The number of rotatable bonds is 6. The topological polar surface area (TPSA) is 138 Å². The molecule has 0 saturated heterocycles. The molecule has 7 heteroatoms. The number of nitrogens with two attached hydrogens (primary N) is 1. The maximum atomic E-state index is 10.2. The van der Waals surface area contributed by atoms with Gasteiger partial charge in [0.05, 0.1) is 19.3 Å². The fourth-order valence-electron chi connectivity index (χ4n) is 2.31. The zero-order valence-electron chi connectivity index (χ0n) is 20.4. The Labute approximate surface area is 206 Å². The van der Waals surface area contributed by atoms with Crippen molar-refractivity contribution in [2.24, 2.45) is 5.73 Å². The Morgan fingerprint density at radius 3 is 0.857 bits per heavy atom. The van der Waals surface area contributed by atoms with Gasteiger partial charge in [-0.25, -0.2) is 0 Å². The Kier molecular flexibility index (Phi) is 15.5. The third-order valence-electron chi connectivity index (χ3n) is 3.59. The minimum atomic E-state index is -0.786. The van der Waals surface area contributed by atoms with Crippen molar-refractivity contribution < 1.29 is 29.7 Å². The van der Waals surface area contributed by atoms with Crippen molar-refractivity contribution in [3.8, 4) is 0 Å². The highest BCUT2D eigenvalue weighted by Crippen LogP contribution is 1.99. The van der Waals surface area contributed by atoms with E-state index in [1.807, 2.05) is 75.4 Å². The second-order valence-corrected chi connectivity index (χ2v) is 8.53. The second kappa shape index (κ2) is 17.5. The molecule has 0 aliphatic heterocycles. The average molecular weight is 482 g/mol. The Morgan fingerprint density at radius 1 is 0.543 bits per heavy atom. The summed E-state index contributed by atoms with van der Waals surface area (Å²) in [6, 6.07) is 27.4. The molecule has 0 aliphatic carbocycles. The molecule has 0 fully saturated rings. The van der Waals surface area contributed by atoms with Crippen molar-refractivity contribution in [3.05, 3.63) is 108 Å². The highest BCUT2D eigenvalue weighted by atomic mass is 16.4. The predicted molar refractivity (Wildman–Crippen MR) is 137 cm³/mol. The van der Waals surface area contributed by atoms with Gasteiger partial charge in [0, 0.05) is 5.54 Å². The summed E-state index contributed by atoms with van der Waals surface area (Å²) >= 11 is 0. The van der Waals surface area contributed by atoms with Crippen molar-refractivity contribution in [3.63, 3.8) is 0 Å². The minimum absolute atomic E-state index is 0. The Bertz CT molecular complexity index is 856. The summed E-state index contributed by atoms with van der Waals surface area (Å²) < 4.78 is 0. The number of carboxylic acids is 3. The largest absolute Gasteiger partial charge is 0.481 e. The predicted octanol–water partition coefficient (Wildman–Crippen LogP) is 4.68. The molecule has 35 heavy (non-hydrogen) atoms. The van der Waals surface area contributed by atoms with E-state index in [-0.39, 0.29) is 24.8 Å². The molecule has 0 radical (unpaired) electrons. The van der Waals surface area contributed by atoms with Crippen LogP contribution >= 0.6 is 0 Å². The van der Waals surface area contributed by atoms with Crippen LogP contribution in [0.1, 0.15) is 37.5 Å². The fourth-order valence-corrected chi connectivity index (χ4v) is 2.31. The van der Waals surface area contributed by atoms with Crippen LogP contribution in [0.4, 0.5) is 0 Å². The zero-order chi connectivity index (χ0) is 26.7. The first-order chi connectivity index (χ1) is 16.4. The zero-order valence-corrected chi connectivity index (χ0v) is 20.4. The molecule has 7 nitrogen and oxygen atoms in total. The molecule has 0 aromatic heterocycles. The van der Waals surface area contributed by atoms with E-state index in [2.05, 4.69) is 0 Å². The molecule has 5 N–H and O–H groups in total. The maximum absolute atomic E-state index is 10.2. The van der Waals surface area contributed by atoms with Gasteiger partial charge in [0.2, 0.25) is 0 Å². The lowest BCUT2D eigenvalue weighted by atomic mass is 10.1. The molecule has 3 rings (SSSR count). The molecule has 0 bridgehead atoms. The number of hydrogen-bond acceptors (Lipinski definition) is 4. The SMILES string of the molecule is CC(C)(C)N.O=C(O)Cc1ccccc1.O=C(O)Cc1ccccc1.O=C(O)Cc1ccccc1. The number of carbonyl (C=O) groups is 3. The lowest BCUT2D eigenvalue weighted by molar-refractivity contribution is -0.137. The van der Waals surface area contributed by atoms with Gasteiger partial charge in [-0.3, -0.25) is 14.4 Å². The van der Waals surface area contributed by atoms with E-state index in [1.54, 1.807) is 36.4 Å². The summed E-state index contributed by atoms with van der Waals surface area (Å²) in [5, 5.41) is 25.1. The van der Waals surface area contributed by atoms with Gasteiger partial charge < -0.3 is 21.1 Å². The van der Waals surface area contributed by atoms with Crippen LogP contribution in [0.25, 0.3) is 0 Å². The third-order valence-corrected chi connectivity index (χ3v) is 3.59. The lowest BCUT2D eigenvalue weighted by Crippen LogP contribution is -2.26. The first-order valence-electron chi connectivity index (χ1n) is 10.9. The van der Waals surface area contributed by atoms with Gasteiger partial charge in [-0.15, -0.1) is 0 Å². The molecule has 0 atom stereocenters. The number of benzene rings is 3. The van der Waals surface area contributed by atoms with E-state index in [0.29, 0.717) is 0 Å². The number of carboxylic acid groups (broad SMARTS) is 3. The van der Waals surface area contributed by atoms with E-state index < -0.39 is 17.9 Å². The van der Waals surface area contributed by atoms with Gasteiger partial charge in [0.1, 0.15) is 0 Å². The fraction of sp³-hybridized carbons (Fsp3) is 0.250. The first kappa shape index (κ1) is 31.0. The summed E-state index contributed by atoms with van der Waals surface area (Å²) in [6.45, 7) is 5.90. The van der Waals surface area contributed by atoms with Crippen molar-refractivity contribution in [2.45, 2.75) is 45.6 Å². The molecule has 0 amide bonds.